The Morgan fingerprint density at radius 3 is 2.45 bits per heavy atom. The molecule has 0 atom stereocenters. The van der Waals surface area contributed by atoms with Crippen molar-refractivity contribution in [2.24, 2.45) is 5.73 Å². The van der Waals surface area contributed by atoms with Crippen molar-refractivity contribution in [3.05, 3.63) is 65.5 Å². The molecule has 0 fully saturated rings. The molecule has 0 bridgehead atoms. The van der Waals surface area contributed by atoms with E-state index in [0.717, 1.165) is 18.8 Å². The Morgan fingerprint density at radius 2 is 1.90 bits per heavy atom. The lowest BCUT2D eigenvalue weighted by atomic mass is 10.1. The minimum atomic E-state index is -0.374. The fourth-order valence-corrected chi connectivity index (χ4v) is 2.26. The second-order valence-electron chi connectivity index (χ2n) is 4.53. The molecule has 0 aliphatic heterocycles. The van der Waals surface area contributed by atoms with Gasteiger partial charge in [-0.15, -0.1) is 0 Å². The number of thiocarbonyl (C=S) groups is 1. The Bertz CT molecular complexity index is 599. The molecule has 2 aromatic carbocycles. The molecule has 0 heterocycles. The van der Waals surface area contributed by atoms with Crippen LogP contribution in [0, 0.1) is 5.82 Å². The van der Waals surface area contributed by atoms with E-state index in [1.165, 1.54) is 11.6 Å². The highest BCUT2D eigenvalue weighted by Gasteiger charge is 2.10. The van der Waals surface area contributed by atoms with E-state index in [-0.39, 0.29) is 10.8 Å². The largest absolute Gasteiger partial charge is 0.389 e. The van der Waals surface area contributed by atoms with Crippen LogP contribution in [0.5, 0.6) is 0 Å². The molecule has 0 saturated heterocycles. The summed E-state index contributed by atoms with van der Waals surface area (Å²) in [7, 11) is 0. The predicted molar refractivity (Wildman–Crippen MR) is 85.5 cm³/mol. The lowest BCUT2D eigenvalue weighted by molar-refractivity contribution is 0.624. The molecule has 0 aromatic heterocycles. The van der Waals surface area contributed by atoms with Crippen molar-refractivity contribution < 1.29 is 4.39 Å². The molecule has 0 aliphatic carbocycles. The maximum Gasteiger partial charge on any atom is 0.135 e. The Kier molecular flexibility index (Phi) is 4.69. The van der Waals surface area contributed by atoms with Crippen LogP contribution in [-0.4, -0.2) is 11.5 Å². The molecule has 104 valence electrons. The summed E-state index contributed by atoms with van der Waals surface area (Å²) < 4.78 is 13.9. The van der Waals surface area contributed by atoms with Crippen molar-refractivity contribution in [2.45, 2.75) is 13.5 Å². The van der Waals surface area contributed by atoms with Crippen molar-refractivity contribution in [3.63, 3.8) is 0 Å². The van der Waals surface area contributed by atoms with Gasteiger partial charge in [0.15, 0.2) is 0 Å². The molecule has 2 nitrogen and oxygen atoms in total. The maximum atomic E-state index is 13.9. The standard InChI is InChI=1S/C16H17FN2S/c1-2-19(11-12-6-4-3-5-7-12)13-8-9-14(16(18)20)15(17)10-13/h3-10H,2,11H2,1H3,(H2,18,20). The maximum absolute atomic E-state index is 13.9. The van der Waals surface area contributed by atoms with Gasteiger partial charge in [0.05, 0.1) is 0 Å². The van der Waals surface area contributed by atoms with Crippen LogP contribution in [-0.2, 0) is 6.54 Å². The van der Waals surface area contributed by atoms with E-state index in [0.29, 0.717) is 5.56 Å². The van der Waals surface area contributed by atoms with E-state index in [2.05, 4.69) is 17.0 Å². The monoisotopic (exact) mass is 288 g/mol. The van der Waals surface area contributed by atoms with Gasteiger partial charge in [-0.2, -0.15) is 0 Å². The normalized spacial score (nSPS) is 10.3. The topological polar surface area (TPSA) is 29.3 Å². The second-order valence-corrected chi connectivity index (χ2v) is 4.97. The van der Waals surface area contributed by atoms with Crippen LogP contribution in [0.1, 0.15) is 18.1 Å². The first-order valence-electron chi connectivity index (χ1n) is 6.50. The van der Waals surface area contributed by atoms with Gasteiger partial charge in [-0.25, -0.2) is 4.39 Å². The molecule has 0 saturated carbocycles. The highest BCUT2D eigenvalue weighted by atomic mass is 32.1. The molecule has 0 amide bonds. The first-order valence-corrected chi connectivity index (χ1v) is 6.91. The fraction of sp³-hybridized carbons (Fsp3) is 0.188. The van der Waals surface area contributed by atoms with Gasteiger partial charge in [0.2, 0.25) is 0 Å². The molecular formula is C16H17FN2S. The minimum Gasteiger partial charge on any atom is -0.389 e. The molecule has 0 radical (unpaired) electrons. The number of hydrogen-bond acceptors (Lipinski definition) is 2. The molecule has 2 N–H and O–H groups in total. The quantitative estimate of drug-likeness (QED) is 0.854. The van der Waals surface area contributed by atoms with Crippen molar-refractivity contribution in [1.29, 1.82) is 0 Å². The van der Waals surface area contributed by atoms with E-state index < -0.39 is 0 Å². The smallest absolute Gasteiger partial charge is 0.135 e. The van der Waals surface area contributed by atoms with Crippen molar-refractivity contribution >= 4 is 22.9 Å². The number of halogens is 1. The summed E-state index contributed by atoms with van der Waals surface area (Å²) in [5.41, 5.74) is 7.78. The molecule has 4 heteroatoms. The van der Waals surface area contributed by atoms with Gasteiger partial charge < -0.3 is 10.6 Å². The van der Waals surface area contributed by atoms with Crippen LogP contribution in [0.3, 0.4) is 0 Å². The van der Waals surface area contributed by atoms with Gasteiger partial charge in [0.1, 0.15) is 10.8 Å². The van der Waals surface area contributed by atoms with E-state index in [1.807, 2.05) is 31.2 Å². The Morgan fingerprint density at radius 1 is 1.20 bits per heavy atom. The zero-order valence-corrected chi connectivity index (χ0v) is 12.2. The predicted octanol–water partition coefficient (Wildman–Crippen LogP) is 3.49. The molecule has 0 spiro atoms. The average Bonchev–Trinajstić information content (AvgIpc) is 2.45. The third-order valence-electron chi connectivity index (χ3n) is 3.18. The lowest BCUT2D eigenvalue weighted by Crippen LogP contribution is -2.22. The fourth-order valence-electron chi connectivity index (χ4n) is 2.09. The van der Waals surface area contributed by atoms with E-state index in [4.69, 9.17) is 18.0 Å². The molecule has 20 heavy (non-hydrogen) atoms. The zero-order valence-electron chi connectivity index (χ0n) is 11.3. The van der Waals surface area contributed by atoms with Crippen molar-refractivity contribution in [1.82, 2.24) is 0 Å². The number of nitrogens with two attached hydrogens (primary N) is 1. The van der Waals surface area contributed by atoms with Gasteiger partial charge in [-0.05, 0) is 30.7 Å². The van der Waals surface area contributed by atoms with Crippen LogP contribution in [0.25, 0.3) is 0 Å². The van der Waals surface area contributed by atoms with Crippen LogP contribution < -0.4 is 10.6 Å². The van der Waals surface area contributed by atoms with Gasteiger partial charge in [-0.3, -0.25) is 0 Å². The summed E-state index contributed by atoms with van der Waals surface area (Å²) in [5.74, 6) is -0.374. The van der Waals surface area contributed by atoms with Crippen LogP contribution in [0.15, 0.2) is 48.5 Å². The highest BCUT2D eigenvalue weighted by Crippen LogP contribution is 2.20. The van der Waals surface area contributed by atoms with Crippen LogP contribution in [0.2, 0.25) is 0 Å². The zero-order chi connectivity index (χ0) is 14.5. The van der Waals surface area contributed by atoms with Crippen molar-refractivity contribution in [3.8, 4) is 0 Å². The third-order valence-corrected chi connectivity index (χ3v) is 3.40. The van der Waals surface area contributed by atoms with E-state index >= 15 is 0 Å². The first-order chi connectivity index (χ1) is 9.61. The Hall–Kier alpha value is -1.94. The second kappa shape index (κ2) is 6.48. The Labute approximate surface area is 124 Å². The highest BCUT2D eigenvalue weighted by molar-refractivity contribution is 7.80. The number of nitrogens with zero attached hydrogens (tertiary/aromatic N) is 1. The first kappa shape index (κ1) is 14.5. The van der Waals surface area contributed by atoms with E-state index in [9.17, 15) is 4.39 Å². The number of benzene rings is 2. The van der Waals surface area contributed by atoms with Gasteiger partial charge in [0, 0.05) is 24.3 Å². The molecular weight excluding hydrogens is 271 g/mol. The Balaban J connectivity index is 2.24. The SMILES string of the molecule is CCN(Cc1ccccc1)c1ccc(C(N)=S)c(F)c1. The molecule has 2 aromatic rings. The van der Waals surface area contributed by atoms with Crippen LogP contribution in [0.4, 0.5) is 10.1 Å². The summed E-state index contributed by atoms with van der Waals surface area (Å²) in [6.45, 7) is 3.58. The molecule has 2 rings (SSSR count). The van der Waals surface area contributed by atoms with Gasteiger partial charge >= 0.3 is 0 Å². The molecule has 0 unspecified atom stereocenters. The third kappa shape index (κ3) is 3.33. The summed E-state index contributed by atoms with van der Waals surface area (Å²) in [6, 6.07) is 15.1. The molecule has 0 aliphatic rings. The number of rotatable bonds is 5. The van der Waals surface area contributed by atoms with Crippen molar-refractivity contribution in [2.75, 3.05) is 11.4 Å². The van der Waals surface area contributed by atoms with E-state index in [1.54, 1.807) is 6.07 Å². The average molecular weight is 288 g/mol. The van der Waals surface area contributed by atoms with Gasteiger partial charge in [0.25, 0.3) is 0 Å². The van der Waals surface area contributed by atoms with Crippen LogP contribution >= 0.6 is 12.2 Å². The van der Waals surface area contributed by atoms with Gasteiger partial charge in [-0.1, -0.05) is 42.5 Å². The summed E-state index contributed by atoms with van der Waals surface area (Å²) in [6.07, 6.45) is 0. The summed E-state index contributed by atoms with van der Waals surface area (Å²) in [4.78, 5) is 2.18. The summed E-state index contributed by atoms with van der Waals surface area (Å²) in [5, 5.41) is 0. The lowest BCUT2D eigenvalue weighted by Gasteiger charge is -2.23. The number of anilines is 1. The summed E-state index contributed by atoms with van der Waals surface area (Å²) >= 11 is 4.82. The number of hydrogen-bond donors (Lipinski definition) is 1. The minimum absolute atomic E-state index is 0.0835.